The Labute approximate surface area is 180 Å². The van der Waals surface area contributed by atoms with Crippen LogP contribution in [-0.2, 0) is 0 Å². The maximum absolute atomic E-state index is 12.4. The highest BCUT2D eigenvalue weighted by Gasteiger charge is 2.21. The Morgan fingerprint density at radius 1 is 0.710 bits per heavy atom. The highest BCUT2D eigenvalue weighted by Crippen LogP contribution is 2.19. The predicted octanol–water partition coefficient (Wildman–Crippen LogP) is 4.00. The molecule has 0 radical (unpaired) electrons. The van der Waals surface area contributed by atoms with Crippen molar-refractivity contribution in [2.45, 2.75) is 0 Å². The lowest BCUT2D eigenvalue weighted by atomic mass is 10.1. The Balaban J connectivity index is 1.30. The van der Waals surface area contributed by atoms with Crippen LogP contribution in [0.25, 0.3) is 0 Å². The molecule has 7 nitrogen and oxygen atoms in total. The Morgan fingerprint density at radius 3 is 1.97 bits per heavy atom. The van der Waals surface area contributed by atoms with Crippen LogP contribution in [0.5, 0.6) is 5.75 Å². The summed E-state index contributed by atoms with van der Waals surface area (Å²) in [5.41, 5.74) is 2.98. The smallest absolute Gasteiger partial charge is 0.321 e. The summed E-state index contributed by atoms with van der Waals surface area (Å²) in [6, 6.07) is 23.1. The standard InChI is InChI=1S/C24H24N4O3/c29-22-12-8-20(9-13-22)25-23(30)18-6-10-21(11-7-18)27-14-16-28(17-15-27)24(31)26-19-4-2-1-3-5-19/h1-13,29H,14-17H2,(H,25,30)(H,26,31). The highest BCUT2D eigenvalue weighted by atomic mass is 16.3. The lowest BCUT2D eigenvalue weighted by molar-refractivity contribution is 0.102. The number of carbonyl (C=O) groups is 2. The number of piperazine rings is 1. The normalized spacial score (nSPS) is 13.5. The molecule has 3 N–H and O–H groups in total. The van der Waals surface area contributed by atoms with Crippen LogP contribution in [-0.4, -0.2) is 48.1 Å². The molecule has 0 unspecified atom stereocenters. The molecule has 0 aliphatic carbocycles. The van der Waals surface area contributed by atoms with Gasteiger partial charge >= 0.3 is 6.03 Å². The number of phenolic OH excluding ortho intramolecular Hbond substituents is 1. The summed E-state index contributed by atoms with van der Waals surface area (Å²) >= 11 is 0. The molecule has 3 aromatic carbocycles. The van der Waals surface area contributed by atoms with Crippen LogP contribution < -0.4 is 15.5 Å². The van der Waals surface area contributed by atoms with E-state index in [1.165, 1.54) is 12.1 Å². The van der Waals surface area contributed by atoms with Crippen LogP contribution in [0.2, 0.25) is 0 Å². The van der Waals surface area contributed by atoms with Gasteiger partial charge in [-0.2, -0.15) is 0 Å². The lowest BCUT2D eigenvalue weighted by Crippen LogP contribution is -2.50. The minimum Gasteiger partial charge on any atom is -0.508 e. The number of para-hydroxylation sites is 1. The molecule has 0 aromatic heterocycles. The second-order valence-electron chi connectivity index (χ2n) is 7.32. The van der Waals surface area contributed by atoms with E-state index in [0.717, 1.165) is 24.5 Å². The van der Waals surface area contributed by atoms with Crippen LogP contribution in [0.1, 0.15) is 10.4 Å². The molecule has 3 amide bonds. The fourth-order valence-electron chi connectivity index (χ4n) is 3.46. The van der Waals surface area contributed by atoms with Gasteiger partial charge in [0.2, 0.25) is 0 Å². The molecule has 0 bridgehead atoms. The van der Waals surface area contributed by atoms with Crippen molar-refractivity contribution in [1.29, 1.82) is 0 Å². The van der Waals surface area contributed by atoms with E-state index < -0.39 is 0 Å². The van der Waals surface area contributed by atoms with E-state index in [-0.39, 0.29) is 17.7 Å². The molecule has 1 heterocycles. The SMILES string of the molecule is O=C(Nc1ccc(O)cc1)c1ccc(N2CCN(C(=O)Nc3ccccc3)CC2)cc1. The molecule has 7 heteroatoms. The molecule has 3 aromatic rings. The number of carbonyl (C=O) groups excluding carboxylic acids is 2. The third-order valence-corrected chi connectivity index (χ3v) is 5.21. The van der Waals surface area contributed by atoms with Crippen molar-refractivity contribution in [3.05, 3.63) is 84.4 Å². The quantitative estimate of drug-likeness (QED) is 0.562. The van der Waals surface area contributed by atoms with Gasteiger partial charge in [-0.15, -0.1) is 0 Å². The first-order chi connectivity index (χ1) is 15.1. The molecule has 158 valence electrons. The second kappa shape index (κ2) is 9.21. The summed E-state index contributed by atoms with van der Waals surface area (Å²) in [5.74, 6) is -0.0559. The van der Waals surface area contributed by atoms with E-state index in [1.54, 1.807) is 24.3 Å². The van der Waals surface area contributed by atoms with Gasteiger partial charge in [0, 0.05) is 48.8 Å². The number of aromatic hydroxyl groups is 1. The number of rotatable bonds is 4. The molecule has 1 saturated heterocycles. The van der Waals surface area contributed by atoms with Gasteiger partial charge in [-0.3, -0.25) is 4.79 Å². The third-order valence-electron chi connectivity index (χ3n) is 5.21. The largest absolute Gasteiger partial charge is 0.508 e. The summed E-state index contributed by atoms with van der Waals surface area (Å²) in [7, 11) is 0. The van der Waals surface area contributed by atoms with Gasteiger partial charge in [0.1, 0.15) is 5.75 Å². The van der Waals surface area contributed by atoms with E-state index in [0.29, 0.717) is 24.3 Å². The van der Waals surface area contributed by atoms with E-state index in [1.807, 2.05) is 47.4 Å². The van der Waals surface area contributed by atoms with Gasteiger partial charge in [0.05, 0.1) is 0 Å². The van der Waals surface area contributed by atoms with Gasteiger partial charge in [-0.05, 0) is 60.7 Å². The molecular formula is C24H24N4O3. The van der Waals surface area contributed by atoms with Crippen molar-refractivity contribution in [2.24, 2.45) is 0 Å². The van der Waals surface area contributed by atoms with Crippen LogP contribution >= 0.6 is 0 Å². The molecule has 1 aliphatic rings. The van der Waals surface area contributed by atoms with Gasteiger partial charge in [0.15, 0.2) is 0 Å². The molecule has 0 spiro atoms. The average molecular weight is 416 g/mol. The first kappa shape index (κ1) is 20.3. The molecule has 0 saturated carbocycles. The number of amides is 3. The fraction of sp³-hybridized carbons (Fsp3) is 0.167. The number of nitrogens with one attached hydrogen (secondary N) is 2. The van der Waals surface area contributed by atoms with Crippen molar-refractivity contribution >= 4 is 29.0 Å². The predicted molar refractivity (Wildman–Crippen MR) is 122 cm³/mol. The number of benzene rings is 3. The van der Waals surface area contributed by atoms with Crippen LogP contribution in [0.4, 0.5) is 21.9 Å². The number of urea groups is 1. The fourth-order valence-corrected chi connectivity index (χ4v) is 3.46. The van der Waals surface area contributed by atoms with Crippen LogP contribution in [0.15, 0.2) is 78.9 Å². The lowest BCUT2D eigenvalue weighted by Gasteiger charge is -2.36. The second-order valence-corrected chi connectivity index (χ2v) is 7.32. The number of anilines is 3. The zero-order valence-electron chi connectivity index (χ0n) is 17.0. The van der Waals surface area contributed by atoms with Crippen molar-refractivity contribution in [3.8, 4) is 5.75 Å². The summed E-state index contributed by atoms with van der Waals surface area (Å²) in [6.07, 6.45) is 0. The highest BCUT2D eigenvalue weighted by molar-refractivity contribution is 6.04. The zero-order valence-corrected chi connectivity index (χ0v) is 17.0. The molecule has 0 atom stereocenters. The van der Waals surface area contributed by atoms with E-state index >= 15 is 0 Å². The average Bonchev–Trinajstić information content (AvgIpc) is 2.81. The van der Waals surface area contributed by atoms with Crippen molar-refractivity contribution in [3.63, 3.8) is 0 Å². The summed E-state index contributed by atoms with van der Waals surface area (Å²) < 4.78 is 0. The summed E-state index contributed by atoms with van der Waals surface area (Å²) in [4.78, 5) is 28.9. The molecule has 4 rings (SSSR count). The van der Waals surface area contributed by atoms with Gasteiger partial charge in [-0.1, -0.05) is 18.2 Å². The van der Waals surface area contributed by atoms with Crippen LogP contribution in [0, 0.1) is 0 Å². The van der Waals surface area contributed by atoms with Crippen molar-refractivity contribution < 1.29 is 14.7 Å². The number of phenols is 1. The van der Waals surface area contributed by atoms with Crippen molar-refractivity contribution in [2.75, 3.05) is 41.7 Å². The maximum Gasteiger partial charge on any atom is 0.321 e. The minimum atomic E-state index is -0.209. The van der Waals surface area contributed by atoms with Gasteiger partial charge < -0.3 is 25.5 Å². The first-order valence-electron chi connectivity index (χ1n) is 10.1. The number of hydrogen-bond donors (Lipinski definition) is 3. The monoisotopic (exact) mass is 416 g/mol. The van der Waals surface area contributed by atoms with E-state index in [2.05, 4.69) is 15.5 Å². The van der Waals surface area contributed by atoms with E-state index in [4.69, 9.17) is 0 Å². The van der Waals surface area contributed by atoms with Crippen molar-refractivity contribution in [1.82, 2.24) is 4.90 Å². The maximum atomic E-state index is 12.4. The molecule has 31 heavy (non-hydrogen) atoms. The molecular weight excluding hydrogens is 392 g/mol. The zero-order chi connectivity index (χ0) is 21.6. The number of nitrogens with zero attached hydrogens (tertiary/aromatic N) is 2. The Hall–Kier alpha value is -4.00. The molecule has 1 aliphatic heterocycles. The minimum absolute atomic E-state index is 0.0906. The third kappa shape index (κ3) is 5.14. The van der Waals surface area contributed by atoms with Crippen LogP contribution in [0.3, 0.4) is 0 Å². The summed E-state index contributed by atoms with van der Waals surface area (Å²) in [5, 5.41) is 15.1. The number of hydrogen-bond acceptors (Lipinski definition) is 4. The topological polar surface area (TPSA) is 84.9 Å². The first-order valence-corrected chi connectivity index (χ1v) is 10.1. The van der Waals surface area contributed by atoms with Gasteiger partial charge in [0.25, 0.3) is 5.91 Å². The van der Waals surface area contributed by atoms with E-state index in [9.17, 15) is 14.7 Å². The van der Waals surface area contributed by atoms with Gasteiger partial charge in [-0.25, -0.2) is 4.79 Å². The Morgan fingerprint density at radius 2 is 1.32 bits per heavy atom. The molecule has 1 fully saturated rings. The Bertz CT molecular complexity index is 1030. The summed E-state index contributed by atoms with van der Waals surface area (Å²) in [6.45, 7) is 2.70. The Kier molecular flexibility index (Phi) is 6.03.